The molecular formula is C26H34N4O6S. The number of rotatable bonds is 15. The third-order valence-corrected chi connectivity index (χ3v) is 6.24. The summed E-state index contributed by atoms with van der Waals surface area (Å²) in [6.07, 6.45) is 2.37. The van der Waals surface area contributed by atoms with E-state index in [0.717, 1.165) is 11.1 Å². The molecular weight excluding hydrogens is 496 g/mol. The normalized spacial score (nSPS) is 14.0. The van der Waals surface area contributed by atoms with E-state index in [4.69, 9.17) is 5.73 Å². The first-order chi connectivity index (χ1) is 17.7. The van der Waals surface area contributed by atoms with Gasteiger partial charge in [0.2, 0.25) is 17.7 Å². The van der Waals surface area contributed by atoms with Crippen molar-refractivity contribution in [3.05, 3.63) is 71.8 Å². The number of carbonyl (C=O) groups excluding carboxylic acids is 3. The van der Waals surface area contributed by atoms with E-state index >= 15 is 0 Å². The van der Waals surface area contributed by atoms with Crippen LogP contribution in [0.3, 0.4) is 0 Å². The van der Waals surface area contributed by atoms with Crippen LogP contribution < -0.4 is 21.7 Å². The topological polar surface area (TPSA) is 171 Å². The van der Waals surface area contributed by atoms with E-state index in [1.54, 1.807) is 24.3 Å². The number of amides is 3. The number of aliphatic hydroxyl groups is 1. The summed E-state index contributed by atoms with van der Waals surface area (Å²) < 4.78 is 0. The fourth-order valence-corrected chi connectivity index (χ4v) is 4.00. The molecule has 0 spiro atoms. The molecule has 2 rings (SSSR count). The molecule has 2 aromatic rings. The number of carbonyl (C=O) groups is 4. The number of carboxylic acid groups (broad SMARTS) is 1. The lowest BCUT2D eigenvalue weighted by molar-refractivity contribution is -0.142. The molecule has 0 aliphatic rings. The molecule has 2 aromatic carbocycles. The average molecular weight is 531 g/mol. The summed E-state index contributed by atoms with van der Waals surface area (Å²) in [7, 11) is 0. The molecule has 0 saturated carbocycles. The van der Waals surface area contributed by atoms with Crippen LogP contribution in [0.2, 0.25) is 0 Å². The van der Waals surface area contributed by atoms with Crippen LogP contribution in [0.25, 0.3) is 0 Å². The molecule has 0 saturated heterocycles. The highest BCUT2D eigenvalue weighted by Crippen LogP contribution is 2.07. The lowest BCUT2D eigenvalue weighted by Crippen LogP contribution is -2.58. The summed E-state index contributed by atoms with van der Waals surface area (Å²) in [5.74, 6) is -2.81. The quantitative estimate of drug-likeness (QED) is 0.188. The fraction of sp³-hybridized carbons (Fsp3) is 0.385. The van der Waals surface area contributed by atoms with E-state index in [9.17, 15) is 29.4 Å². The Balaban J connectivity index is 2.12. The summed E-state index contributed by atoms with van der Waals surface area (Å²) in [5, 5.41) is 26.5. The van der Waals surface area contributed by atoms with Crippen molar-refractivity contribution >= 4 is 35.5 Å². The molecule has 0 aromatic heterocycles. The Morgan fingerprint density at radius 2 is 1.27 bits per heavy atom. The smallest absolute Gasteiger partial charge is 0.326 e. The van der Waals surface area contributed by atoms with E-state index in [-0.39, 0.29) is 19.3 Å². The Hall–Kier alpha value is -3.41. The molecule has 0 radical (unpaired) electrons. The van der Waals surface area contributed by atoms with Gasteiger partial charge in [-0.25, -0.2) is 4.79 Å². The van der Waals surface area contributed by atoms with Gasteiger partial charge in [0.15, 0.2) is 0 Å². The number of thioether (sulfide) groups is 1. The number of nitrogens with one attached hydrogen (secondary N) is 3. The van der Waals surface area contributed by atoms with Crippen molar-refractivity contribution in [1.29, 1.82) is 0 Å². The van der Waals surface area contributed by atoms with Crippen LogP contribution in [0.1, 0.15) is 17.5 Å². The molecule has 0 heterocycles. The van der Waals surface area contributed by atoms with Crippen LogP contribution >= 0.6 is 11.8 Å². The first-order valence-corrected chi connectivity index (χ1v) is 13.2. The highest BCUT2D eigenvalue weighted by molar-refractivity contribution is 7.98. The largest absolute Gasteiger partial charge is 0.480 e. The van der Waals surface area contributed by atoms with Gasteiger partial charge in [0.1, 0.15) is 18.1 Å². The Morgan fingerprint density at radius 3 is 1.78 bits per heavy atom. The van der Waals surface area contributed by atoms with Gasteiger partial charge in [-0.05, 0) is 36.0 Å². The predicted molar refractivity (Wildman–Crippen MR) is 142 cm³/mol. The second-order valence-corrected chi connectivity index (χ2v) is 9.46. The maximum absolute atomic E-state index is 13.2. The maximum Gasteiger partial charge on any atom is 0.326 e. The van der Waals surface area contributed by atoms with Crippen molar-refractivity contribution in [2.24, 2.45) is 5.73 Å². The zero-order valence-electron chi connectivity index (χ0n) is 20.6. The van der Waals surface area contributed by atoms with E-state index in [0.29, 0.717) is 5.75 Å². The predicted octanol–water partition coefficient (Wildman–Crippen LogP) is 0.0835. The van der Waals surface area contributed by atoms with Crippen LogP contribution in [-0.4, -0.2) is 76.7 Å². The minimum absolute atomic E-state index is 0.113. The van der Waals surface area contributed by atoms with Crippen molar-refractivity contribution < 1.29 is 29.4 Å². The van der Waals surface area contributed by atoms with Crippen LogP contribution in [0.15, 0.2) is 60.7 Å². The Kier molecular flexibility index (Phi) is 12.6. The molecule has 200 valence electrons. The summed E-state index contributed by atoms with van der Waals surface area (Å²) >= 11 is 1.43. The summed E-state index contributed by atoms with van der Waals surface area (Å²) in [6.45, 7) is -0.758. The number of benzene rings is 2. The SMILES string of the molecule is CSCCC(NC(=O)C(CO)NC(=O)C(Cc1ccccc1)NC(=O)C(N)Cc1ccccc1)C(=O)O. The molecule has 10 nitrogen and oxygen atoms in total. The van der Waals surface area contributed by atoms with Gasteiger partial charge in [0, 0.05) is 6.42 Å². The van der Waals surface area contributed by atoms with Crippen LogP contribution in [-0.2, 0) is 32.0 Å². The average Bonchev–Trinajstić information content (AvgIpc) is 2.89. The molecule has 0 bridgehead atoms. The van der Waals surface area contributed by atoms with E-state index in [1.807, 2.05) is 42.7 Å². The Bertz CT molecular complexity index is 1020. The van der Waals surface area contributed by atoms with Gasteiger partial charge in [0.05, 0.1) is 12.6 Å². The van der Waals surface area contributed by atoms with Crippen LogP contribution in [0.4, 0.5) is 0 Å². The molecule has 3 amide bonds. The van der Waals surface area contributed by atoms with Gasteiger partial charge in [-0.15, -0.1) is 0 Å². The number of hydrogen-bond acceptors (Lipinski definition) is 7. The number of nitrogens with two attached hydrogens (primary N) is 1. The molecule has 11 heteroatoms. The highest BCUT2D eigenvalue weighted by Gasteiger charge is 2.30. The van der Waals surface area contributed by atoms with Gasteiger partial charge in [-0.1, -0.05) is 60.7 Å². The van der Waals surface area contributed by atoms with E-state index < -0.39 is 54.5 Å². The van der Waals surface area contributed by atoms with Gasteiger partial charge >= 0.3 is 5.97 Å². The van der Waals surface area contributed by atoms with Gasteiger partial charge in [0.25, 0.3) is 0 Å². The number of aliphatic carboxylic acids is 1. The highest BCUT2D eigenvalue weighted by atomic mass is 32.2. The zero-order chi connectivity index (χ0) is 27.2. The second-order valence-electron chi connectivity index (χ2n) is 8.47. The van der Waals surface area contributed by atoms with Crippen molar-refractivity contribution in [1.82, 2.24) is 16.0 Å². The lowest BCUT2D eigenvalue weighted by atomic mass is 10.0. The summed E-state index contributed by atoms with van der Waals surface area (Å²) in [6, 6.07) is 13.6. The van der Waals surface area contributed by atoms with E-state index in [2.05, 4.69) is 16.0 Å². The lowest BCUT2D eigenvalue weighted by Gasteiger charge is -2.24. The van der Waals surface area contributed by atoms with E-state index in [1.165, 1.54) is 11.8 Å². The number of hydrogen-bond donors (Lipinski definition) is 6. The zero-order valence-corrected chi connectivity index (χ0v) is 21.4. The fourth-order valence-electron chi connectivity index (χ4n) is 3.53. The van der Waals surface area contributed by atoms with Crippen molar-refractivity contribution in [3.63, 3.8) is 0 Å². The number of aliphatic hydroxyl groups excluding tert-OH is 1. The molecule has 37 heavy (non-hydrogen) atoms. The maximum atomic E-state index is 13.2. The van der Waals surface area contributed by atoms with Crippen molar-refractivity contribution in [2.75, 3.05) is 18.6 Å². The monoisotopic (exact) mass is 530 g/mol. The third kappa shape index (κ3) is 10.2. The van der Waals surface area contributed by atoms with Crippen LogP contribution in [0, 0.1) is 0 Å². The summed E-state index contributed by atoms with van der Waals surface area (Å²) in [4.78, 5) is 50.1. The standard InChI is InChI=1S/C26H34N4O6S/c1-37-13-12-20(26(35)36)28-25(34)22(16-31)30-24(33)21(15-18-10-6-3-7-11-18)29-23(32)19(27)14-17-8-4-2-5-9-17/h2-11,19-22,31H,12-16,27H2,1H3,(H,28,34)(H,29,32)(H,30,33)(H,35,36). The summed E-state index contributed by atoms with van der Waals surface area (Å²) in [5.41, 5.74) is 7.70. The van der Waals surface area contributed by atoms with Crippen molar-refractivity contribution in [3.8, 4) is 0 Å². The molecule has 0 aliphatic heterocycles. The molecule has 4 atom stereocenters. The minimum atomic E-state index is -1.41. The molecule has 4 unspecified atom stereocenters. The molecule has 7 N–H and O–H groups in total. The Morgan fingerprint density at radius 1 is 0.784 bits per heavy atom. The van der Waals surface area contributed by atoms with Gasteiger partial charge < -0.3 is 31.9 Å². The second kappa shape index (κ2) is 15.6. The molecule has 0 aliphatic carbocycles. The van der Waals surface area contributed by atoms with Gasteiger partial charge in [-0.3, -0.25) is 14.4 Å². The number of carboxylic acids is 1. The first-order valence-electron chi connectivity index (χ1n) is 11.8. The third-order valence-electron chi connectivity index (χ3n) is 5.59. The minimum Gasteiger partial charge on any atom is -0.480 e. The van der Waals surface area contributed by atoms with Crippen LogP contribution in [0.5, 0.6) is 0 Å². The first kappa shape index (κ1) is 29.8. The van der Waals surface area contributed by atoms with Crippen molar-refractivity contribution in [2.45, 2.75) is 43.4 Å². The Labute approximate surface area is 220 Å². The molecule has 0 fully saturated rings. The van der Waals surface area contributed by atoms with Gasteiger partial charge in [-0.2, -0.15) is 11.8 Å².